The molecule has 1 fully saturated rings. The molecule has 3 nitrogen and oxygen atoms in total. The zero-order valence-corrected chi connectivity index (χ0v) is 11.9. The van der Waals surface area contributed by atoms with Gasteiger partial charge in [0.05, 0.1) is 0 Å². The molecule has 0 radical (unpaired) electrons. The molecule has 1 unspecified atom stereocenters. The molecule has 2 aromatic carbocycles. The highest BCUT2D eigenvalue weighted by atomic mass is 16.3. The summed E-state index contributed by atoms with van der Waals surface area (Å²) in [7, 11) is 0. The fourth-order valence-electron chi connectivity index (χ4n) is 2.83. The van der Waals surface area contributed by atoms with Gasteiger partial charge in [0.2, 0.25) is 5.91 Å². The van der Waals surface area contributed by atoms with Crippen molar-refractivity contribution >= 4 is 5.91 Å². The average molecular weight is 281 g/mol. The number of aliphatic hydroxyl groups excluding tert-OH is 1. The molecule has 3 heteroatoms. The van der Waals surface area contributed by atoms with E-state index in [1.54, 1.807) is 0 Å². The number of hydrogen-bond acceptors (Lipinski definition) is 2. The predicted molar refractivity (Wildman–Crippen MR) is 82.5 cm³/mol. The van der Waals surface area contributed by atoms with E-state index in [4.69, 9.17) is 0 Å². The van der Waals surface area contributed by atoms with Crippen LogP contribution in [0.3, 0.4) is 0 Å². The molecule has 1 aliphatic rings. The van der Waals surface area contributed by atoms with Crippen LogP contribution in [-0.2, 0) is 11.3 Å². The van der Waals surface area contributed by atoms with Crippen LogP contribution in [0.15, 0.2) is 54.6 Å². The quantitative estimate of drug-likeness (QED) is 0.936. The Morgan fingerprint density at radius 2 is 1.81 bits per heavy atom. The van der Waals surface area contributed by atoms with Gasteiger partial charge in [-0.3, -0.25) is 4.79 Å². The Morgan fingerprint density at radius 1 is 1.05 bits per heavy atom. The first-order valence-corrected chi connectivity index (χ1v) is 7.29. The van der Waals surface area contributed by atoms with Gasteiger partial charge in [-0.1, -0.05) is 48.5 Å². The fraction of sp³-hybridized carbons (Fsp3) is 0.278. The largest absolute Gasteiger partial charge is 0.396 e. The van der Waals surface area contributed by atoms with Gasteiger partial charge in [0.15, 0.2) is 0 Å². The van der Waals surface area contributed by atoms with Crippen molar-refractivity contribution in [2.45, 2.75) is 13.0 Å². The van der Waals surface area contributed by atoms with Crippen molar-refractivity contribution in [3.05, 3.63) is 60.2 Å². The van der Waals surface area contributed by atoms with Crippen LogP contribution in [-0.4, -0.2) is 29.1 Å². The number of carbonyl (C=O) groups is 1. The first-order valence-electron chi connectivity index (χ1n) is 7.29. The van der Waals surface area contributed by atoms with E-state index in [1.807, 2.05) is 35.2 Å². The molecule has 21 heavy (non-hydrogen) atoms. The van der Waals surface area contributed by atoms with Gasteiger partial charge >= 0.3 is 0 Å². The van der Waals surface area contributed by atoms with Crippen LogP contribution in [0.4, 0.5) is 0 Å². The maximum Gasteiger partial charge on any atom is 0.223 e. The molecule has 1 saturated heterocycles. The lowest BCUT2D eigenvalue weighted by atomic mass is 10.0. The zero-order chi connectivity index (χ0) is 14.7. The summed E-state index contributed by atoms with van der Waals surface area (Å²) >= 11 is 0. The number of carbonyl (C=O) groups excluding carboxylic acids is 1. The molecule has 1 aliphatic heterocycles. The number of benzene rings is 2. The van der Waals surface area contributed by atoms with Crippen molar-refractivity contribution in [2.24, 2.45) is 5.92 Å². The number of hydrogen-bond donors (Lipinski definition) is 1. The Hall–Kier alpha value is -2.13. The van der Waals surface area contributed by atoms with E-state index in [2.05, 4.69) is 24.3 Å². The molecular weight excluding hydrogens is 262 g/mol. The first-order chi connectivity index (χ1) is 10.3. The van der Waals surface area contributed by atoms with Crippen LogP contribution in [0.5, 0.6) is 0 Å². The van der Waals surface area contributed by atoms with Crippen LogP contribution in [0, 0.1) is 5.92 Å². The van der Waals surface area contributed by atoms with Crippen LogP contribution < -0.4 is 0 Å². The van der Waals surface area contributed by atoms with Crippen LogP contribution in [0.2, 0.25) is 0 Å². The Morgan fingerprint density at radius 3 is 2.52 bits per heavy atom. The molecule has 0 aliphatic carbocycles. The van der Waals surface area contributed by atoms with Crippen molar-refractivity contribution in [3.63, 3.8) is 0 Å². The molecule has 1 amide bonds. The maximum absolute atomic E-state index is 11.9. The fourth-order valence-corrected chi connectivity index (χ4v) is 2.83. The molecule has 1 N–H and O–H groups in total. The summed E-state index contributed by atoms with van der Waals surface area (Å²) in [6, 6.07) is 18.5. The molecule has 108 valence electrons. The monoisotopic (exact) mass is 281 g/mol. The minimum absolute atomic E-state index is 0.0896. The summed E-state index contributed by atoms with van der Waals surface area (Å²) in [5, 5.41) is 9.18. The van der Waals surface area contributed by atoms with Crippen molar-refractivity contribution < 1.29 is 9.90 Å². The van der Waals surface area contributed by atoms with Gasteiger partial charge in [-0.15, -0.1) is 0 Å². The van der Waals surface area contributed by atoms with Gasteiger partial charge < -0.3 is 10.0 Å². The van der Waals surface area contributed by atoms with Crippen molar-refractivity contribution in [1.29, 1.82) is 0 Å². The standard InChI is InChI=1S/C18H19NO2/c20-13-15-10-18(21)19(12-15)11-14-5-4-8-17(9-14)16-6-2-1-3-7-16/h1-9,15,20H,10-13H2. The summed E-state index contributed by atoms with van der Waals surface area (Å²) in [5.41, 5.74) is 3.47. The molecule has 3 rings (SSSR count). The Bertz CT molecular complexity index is 624. The third-order valence-corrected chi connectivity index (χ3v) is 3.96. The van der Waals surface area contributed by atoms with Crippen LogP contribution >= 0.6 is 0 Å². The van der Waals surface area contributed by atoms with E-state index in [-0.39, 0.29) is 18.4 Å². The second kappa shape index (κ2) is 6.10. The van der Waals surface area contributed by atoms with Gasteiger partial charge in [-0.25, -0.2) is 0 Å². The molecule has 0 spiro atoms. The van der Waals surface area contributed by atoms with Gasteiger partial charge in [0.1, 0.15) is 0 Å². The second-order valence-electron chi connectivity index (χ2n) is 5.59. The lowest BCUT2D eigenvalue weighted by Crippen LogP contribution is -2.24. The van der Waals surface area contributed by atoms with Crippen molar-refractivity contribution in [1.82, 2.24) is 4.90 Å². The highest BCUT2D eigenvalue weighted by Crippen LogP contribution is 2.23. The number of nitrogens with zero attached hydrogens (tertiary/aromatic N) is 1. The Kier molecular flexibility index (Phi) is 4.02. The predicted octanol–water partition coefficient (Wildman–Crippen LogP) is 2.69. The number of likely N-dealkylation sites (tertiary alicyclic amines) is 1. The van der Waals surface area contributed by atoms with E-state index >= 15 is 0 Å². The van der Waals surface area contributed by atoms with E-state index in [0.29, 0.717) is 19.5 Å². The number of amides is 1. The smallest absolute Gasteiger partial charge is 0.223 e. The Balaban J connectivity index is 1.77. The summed E-state index contributed by atoms with van der Waals surface area (Å²) < 4.78 is 0. The third kappa shape index (κ3) is 3.14. The van der Waals surface area contributed by atoms with Gasteiger partial charge in [-0.05, 0) is 22.8 Å². The van der Waals surface area contributed by atoms with E-state index in [9.17, 15) is 9.90 Å². The molecule has 0 saturated carbocycles. The summed E-state index contributed by atoms with van der Waals surface area (Å²) in [6.07, 6.45) is 0.467. The second-order valence-corrected chi connectivity index (χ2v) is 5.59. The molecule has 1 atom stereocenters. The SMILES string of the molecule is O=C1CC(CO)CN1Cc1cccc(-c2ccccc2)c1. The summed E-state index contributed by atoms with van der Waals surface area (Å²) in [5.74, 6) is 0.231. The Labute approximate surface area is 124 Å². The normalized spacial score (nSPS) is 18.2. The highest BCUT2D eigenvalue weighted by Gasteiger charge is 2.28. The van der Waals surface area contributed by atoms with Crippen molar-refractivity contribution in [2.75, 3.05) is 13.2 Å². The van der Waals surface area contributed by atoms with Gasteiger partial charge in [0, 0.05) is 32.0 Å². The number of rotatable bonds is 4. The van der Waals surface area contributed by atoms with Gasteiger partial charge in [0.25, 0.3) is 0 Å². The van der Waals surface area contributed by atoms with Crippen LogP contribution in [0.1, 0.15) is 12.0 Å². The van der Waals surface area contributed by atoms with Gasteiger partial charge in [-0.2, -0.15) is 0 Å². The molecule has 1 heterocycles. The minimum atomic E-state index is 0.0896. The topological polar surface area (TPSA) is 40.5 Å². The minimum Gasteiger partial charge on any atom is -0.396 e. The lowest BCUT2D eigenvalue weighted by molar-refractivity contribution is -0.128. The molecular formula is C18H19NO2. The maximum atomic E-state index is 11.9. The number of aliphatic hydroxyl groups is 1. The lowest BCUT2D eigenvalue weighted by Gasteiger charge is -2.17. The van der Waals surface area contributed by atoms with E-state index < -0.39 is 0 Å². The van der Waals surface area contributed by atoms with E-state index in [0.717, 1.165) is 5.56 Å². The third-order valence-electron chi connectivity index (χ3n) is 3.96. The highest BCUT2D eigenvalue weighted by molar-refractivity contribution is 5.78. The van der Waals surface area contributed by atoms with Crippen LogP contribution in [0.25, 0.3) is 11.1 Å². The van der Waals surface area contributed by atoms with E-state index in [1.165, 1.54) is 11.1 Å². The summed E-state index contributed by atoms with van der Waals surface area (Å²) in [4.78, 5) is 13.8. The first kappa shape index (κ1) is 13.8. The molecule has 0 aromatic heterocycles. The zero-order valence-electron chi connectivity index (χ0n) is 11.9. The molecule has 2 aromatic rings. The summed E-state index contributed by atoms with van der Waals surface area (Å²) in [6.45, 7) is 1.37. The van der Waals surface area contributed by atoms with Crippen molar-refractivity contribution in [3.8, 4) is 11.1 Å². The average Bonchev–Trinajstić information content (AvgIpc) is 2.89. The molecule has 0 bridgehead atoms.